The van der Waals surface area contributed by atoms with E-state index in [-0.39, 0.29) is 0 Å². The van der Waals surface area contributed by atoms with Crippen LogP contribution in [-0.2, 0) is 35.8 Å². The highest BCUT2D eigenvalue weighted by Crippen LogP contribution is 2.40. The first-order chi connectivity index (χ1) is 21.6. The van der Waals surface area contributed by atoms with Gasteiger partial charge in [-0.05, 0) is 58.4 Å². The van der Waals surface area contributed by atoms with Crippen LogP contribution in [0.4, 0.5) is 0 Å². The standard InChI is InChI=1S/2C19H20ClNO/c2*20-18-8-4-7-15-16-12-21(11-14-5-2-1-3-6-14)10-9-19(16)22-13-17(15)18/h2*1-8,16,19H,9-13H2/t16-,19+;16-,19-/m10/s1. The number of rotatable bonds is 4. The van der Waals surface area contributed by atoms with E-state index in [9.17, 15) is 0 Å². The summed E-state index contributed by atoms with van der Waals surface area (Å²) >= 11 is 12.7. The fraction of sp³-hybridized carbons (Fsp3) is 0.368. The molecule has 0 bridgehead atoms. The van der Waals surface area contributed by atoms with Crippen LogP contribution in [-0.4, -0.2) is 48.2 Å². The monoisotopic (exact) mass is 626 g/mol. The van der Waals surface area contributed by atoms with Gasteiger partial charge >= 0.3 is 0 Å². The molecule has 4 aliphatic heterocycles. The Kier molecular flexibility index (Phi) is 9.36. The molecule has 8 rings (SSSR count). The van der Waals surface area contributed by atoms with Crippen molar-refractivity contribution in [2.75, 3.05) is 26.2 Å². The minimum absolute atomic E-state index is 0.345. The lowest BCUT2D eigenvalue weighted by Gasteiger charge is -2.42. The van der Waals surface area contributed by atoms with Crippen molar-refractivity contribution in [3.05, 3.63) is 140 Å². The molecule has 4 atom stereocenters. The quantitative estimate of drug-likeness (QED) is 0.227. The van der Waals surface area contributed by atoms with Gasteiger partial charge in [-0.2, -0.15) is 0 Å². The van der Waals surface area contributed by atoms with Gasteiger partial charge in [-0.15, -0.1) is 0 Å². The van der Waals surface area contributed by atoms with Crippen molar-refractivity contribution in [2.45, 2.75) is 63.2 Å². The number of hydrogen-bond donors (Lipinski definition) is 0. The Morgan fingerprint density at radius 3 is 1.41 bits per heavy atom. The average molecular weight is 628 g/mol. The third-order valence-electron chi connectivity index (χ3n) is 9.76. The minimum atomic E-state index is 0.345. The number of benzene rings is 4. The maximum Gasteiger partial charge on any atom is 0.0738 e. The molecule has 2 saturated heterocycles. The van der Waals surface area contributed by atoms with Crippen LogP contribution in [0.15, 0.2) is 97.1 Å². The van der Waals surface area contributed by atoms with Gasteiger partial charge in [-0.25, -0.2) is 0 Å². The molecule has 0 aromatic heterocycles. The number of nitrogens with zero attached hydrogens (tertiary/aromatic N) is 2. The van der Waals surface area contributed by atoms with E-state index in [2.05, 4.69) is 94.7 Å². The van der Waals surface area contributed by atoms with E-state index in [0.29, 0.717) is 37.3 Å². The molecule has 44 heavy (non-hydrogen) atoms. The molecule has 0 N–H and O–H groups in total. The summed E-state index contributed by atoms with van der Waals surface area (Å²) in [6.07, 6.45) is 2.89. The summed E-state index contributed by atoms with van der Waals surface area (Å²) in [5, 5.41) is 1.69. The SMILES string of the molecule is Clc1cccc2c1CO[C@H]1CCN(Cc3ccccc3)C[C@@H]21.Clc1cccc2c1CO[C@H]1CCN(Cc3ccccc3)C[C@H]21. The summed E-state index contributed by atoms with van der Waals surface area (Å²) in [4.78, 5) is 5.08. The molecule has 6 heteroatoms. The first kappa shape index (κ1) is 30.0. The van der Waals surface area contributed by atoms with Crippen LogP contribution >= 0.6 is 23.2 Å². The molecular weight excluding hydrogens is 587 g/mol. The highest BCUT2D eigenvalue weighted by molar-refractivity contribution is 6.31. The molecule has 4 aromatic rings. The van der Waals surface area contributed by atoms with Crippen LogP contribution in [0.1, 0.15) is 58.1 Å². The summed E-state index contributed by atoms with van der Waals surface area (Å²) < 4.78 is 12.2. The number of fused-ring (bicyclic) bond motifs is 6. The highest BCUT2D eigenvalue weighted by Gasteiger charge is 2.37. The zero-order chi connectivity index (χ0) is 29.9. The van der Waals surface area contributed by atoms with Gasteiger partial charge < -0.3 is 9.47 Å². The molecule has 0 unspecified atom stereocenters. The minimum Gasteiger partial charge on any atom is -0.373 e. The van der Waals surface area contributed by atoms with Gasteiger partial charge in [-0.1, -0.05) is 108 Å². The molecule has 0 amide bonds. The van der Waals surface area contributed by atoms with E-state index in [4.69, 9.17) is 32.7 Å². The molecule has 2 fully saturated rings. The van der Waals surface area contributed by atoms with Gasteiger partial charge in [0.1, 0.15) is 0 Å². The van der Waals surface area contributed by atoms with E-state index in [1.165, 1.54) is 33.4 Å². The van der Waals surface area contributed by atoms with Crippen LogP contribution in [0.2, 0.25) is 10.0 Å². The first-order valence-corrected chi connectivity index (χ1v) is 16.7. The number of halogens is 2. The molecule has 4 aliphatic rings. The number of hydrogen-bond acceptors (Lipinski definition) is 4. The maximum atomic E-state index is 6.35. The van der Waals surface area contributed by atoms with Gasteiger partial charge in [-0.3, -0.25) is 9.80 Å². The summed E-state index contributed by atoms with van der Waals surface area (Å²) in [6.45, 7) is 7.65. The zero-order valence-corrected chi connectivity index (χ0v) is 26.6. The Morgan fingerprint density at radius 2 is 0.977 bits per heavy atom. The van der Waals surface area contributed by atoms with Crippen LogP contribution in [0.3, 0.4) is 0 Å². The second kappa shape index (κ2) is 13.7. The first-order valence-electron chi connectivity index (χ1n) is 15.9. The zero-order valence-electron chi connectivity index (χ0n) is 25.1. The van der Waals surface area contributed by atoms with Crippen LogP contribution < -0.4 is 0 Å². The van der Waals surface area contributed by atoms with Crippen molar-refractivity contribution in [3.8, 4) is 0 Å². The summed E-state index contributed by atoms with van der Waals surface area (Å²) in [5.74, 6) is 0.889. The van der Waals surface area contributed by atoms with Crippen LogP contribution in [0, 0.1) is 0 Å². The summed E-state index contributed by atoms with van der Waals surface area (Å²) in [5.41, 5.74) is 7.91. The van der Waals surface area contributed by atoms with E-state index in [1.54, 1.807) is 0 Å². The predicted molar refractivity (Wildman–Crippen MR) is 178 cm³/mol. The van der Waals surface area contributed by atoms with Crippen molar-refractivity contribution in [1.82, 2.24) is 9.80 Å². The molecular formula is C38H40Cl2N2O2. The Bertz CT molecular complexity index is 1430. The Morgan fingerprint density at radius 1 is 0.545 bits per heavy atom. The summed E-state index contributed by atoms with van der Waals surface area (Å²) in [6, 6.07) is 33.9. The van der Waals surface area contributed by atoms with E-state index in [1.807, 2.05) is 12.1 Å². The fourth-order valence-corrected chi connectivity index (χ4v) is 7.97. The Labute approximate surface area is 271 Å². The lowest BCUT2D eigenvalue weighted by Crippen LogP contribution is -2.44. The van der Waals surface area contributed by atoms with Crippen molar-refractivity contribution in [1.29, 1.82) is 0 Å². The topological polar surface area (TPSA) is 24.9 Å². The van der Waals surface area contributed by atoms with Gasteiger partial charge in [0, 0.05) is 61.1 Å². The second-order valence-corrected chi connectivity index (χ2v) is 13.4. The highest BCUT2D eigenvalue weighted by atomic mass is 35.5. The predicted octanol–water partition coefficient (Wildman–Crippen LogP) is 8.46. The maximum absolute atomic E-state index is 6.35. The lowest BCUT2D eigenvalue weighted by atomic mass is 9.83. The van der Waals surface area contributed by atoms with Gasteiger partial charge in [0.05, 0.1) is 25.4 Å². The van der Waals surface area contributed by atoms with E-state index >= 15 is 0 Å². The third-order valence-corrected chi connectivity index (χ3v) is 10.5. The van der Waals surface area contributed by atoms with Crippen molar-refractivity contribution >= 4 is 23.2 Å². The van der Waals surface area contributed by atoms with E-state index in [0.717, 1.165) is 62.2 Å². The lowest BCUT2D eigenvalue weighted by molar-refractivity contribution is -0.0326. The van der Waals surface area contributed by atoms with Crippen molar-refractivity contribution in [2.24, 2.45) is 0 Å². The molecule has 4 aromatic carbocycles. The number of piperidine rings is 2. The van der Waals surface area contributed by atoms with Gasteiger partial charge in [0.25, 0.3) is 0 Å². The second-order valence-electron chi connectivity index (χ2n) is 12.5. The third kappa shape index (κ3) is 6.62. The molecule has 0 spiro atoms. The molecule has 0 radical (unpaired) electrons. The van der Waals surface area contributed by atoms with Crippen LogP contribution in [0.25, 0.3) is 0 Å². The molecule has 0 aliphatic carbocycles. The normalized spacial score (nSPS) is 24.6. The average Bonchev–Trinajstić information content (AvgIpc) is 3.06. The Balaban J connectivity index is 0.000000142. The largest absolute Gasteiger partial charge is 0.373 e. The Hall–Kier alpha value is -2.70. The molecule has 4 nitrogen and oxygen atoms in total. The fourth-order valence-electron chi connectivity index (χ4n) is 7.49. The van der Waals surface area contributed by atoms with Gasteiger partial charge in [0.2, 0.25) is 0 Å². The van der Waals surface area contributed by atoms with E-state index < -0.39 is 0 Å². The van der Waals surface area contributed by atoms with Gasteiger partial charge in [0.15, 0.2) is 0 Å². The molecule has 0 saturated carbocycles. The van der Waals surface area contributed by atoms with Crippen LogP contribution in [0.5, 0.6) is 0 Å². The number of likely N-dealkylation sites (tertiary alicyclic amines) is 2. The van der Waals surface area contributed by atoms with Crippen molar-refractivity contribution in [3.63, 3.8) is 0 Å². The molecule has 228 valence electrons. The van der Waals surface area contributed by atoms with Crippen molar-refractivity contribution < 1.29 is 9.47 Å². The summed E-state index contributed by atoms with van der Waals surface area (Å²) in [7, 11) is 0. The smallest absolute Gasteiger partial charge is 0.0738 e. The number of ether oxygens (including phenoxy) is 2. The molecule has 4 heterocycles.